The molecule has 88 valence electrons. The lowest BCUT2D eigenvalue weighted by atomic mass is 10.2. The first kappa shape index (κ1) is 12.3. The van der Waals surface area contributed by atoms with Gasteiger partial charge in [-0.3, -0.25) is 5.41 Å². The standard InChI is InChI=1S/C10H9ClN4S2/c1-5-14-15-10(16-5)17-8-3-2-6(9(12)13)4-7(8)11/h2-4H,1H3,(H3,12,13). The molecule has 0 atom stereocenters. The van der Waals surface area contributed by atoms with Crippen LogP contribution in [0.5, 0.6) is 0 Å². The van der Waals surface area contributed by atoms with Crippen LogP contribution in [0.25, 0.3) is 0 Å². The Labute approximate surface area is 112 Å². The number of amidine groups is 1. The number of aryl methyl sites for hydroxylation is 1. The first-order valence-electron chi connectivity index (χ1n) is 4.68. The molecule has 3 N–H and O–H groups in total. The van der Waals surface area contributed by atoms with E-state index in [0.717, 1.165) is 14.2 Å². The van der Waals surface area contributed by atoms with Gasteiger partial charge in [0.1, 0.15) is 10.8 Å². The molecule has 17 heavy (non-hydrogen) atoms. The second-order valence-electron chi connectivity index (χ2n) is 3.25. The van der Waals surface area contributed by atoms with Crippen LogP contribution in [0.3, 0.4) is 0 Å². The molecule has 1 aromatic carbocycles. The summed E-state index contributed by atoms with van der Waals surface area (Å²) in [5.41, 5.74) is 6.00. The Balaban J connectivity index is 2.25. The maximum absolute atomic E-state index is 7.32. The molecule has 0 fully saturated rings. The maximum atomic E-state index is 7.32. The van der Waals surface area contributed by atoms with E-state index in [1.54, 1.807) is 12.1 Å². The minimum Gasteiger partial charge on any atom is -0.384 e. The molecule has 0 aliphatic heterocycles. The summed E-state index contributed by atoms with van der Waals surface area (Å²) in [7, 11) is 0. The van der Waals surface area contributed by atoms with Crippen molar-refractivity contribution in [3.05, 3.63) is 33.8 Å². The molecule has 2 aromatic rings. The van der Waals surface area contributed by atoms with E-state index in [9.17, 15) is 0 Å². The normalized spacial score (nSPS) is 10.5. The molecule has 0 bridgehead atoms. The highest BCUT2D eigenvalue weighted by Gasteiger charge is 2.08. The molecular weight excluding hydrogens is 276 g/mol. The fourth-order valence-corrected chi connectivity index (χ4v) is 3.24. The van der Waals surface area contributed by atoms with Gasteiger partial charge >= 0.3 is 0 Å². The van der Waals surface area contributed by atoms with E-state index < -0.39 is 0 Å². The van der Waals surface area contributed by atoms with Gasteiger partial charge in [-0.15, -0.1) is 10.2 Å². The summed E-state index contributed by atoms with van der Waals surface area (Å²) in [5.74, 6) is 0.00945. The molecule has 1 heterocycles. The second-order valence-corrected chi connectivity index (χ2v) is 6.13. The molecule has 0 saturated heterocycles. The Morgan fingerprint density at radius 3 is 2.76 bits per heavy atom. The highest BCUT2D eigenvalue weighted by atomic mass is 35.5. The fraction of sp³-hybridized carbons (Fsp3) is 0.100. The summed E-state index contributed by atoms with van der Waals surface area (Å²) in [5, 5.41) is 16.8. The lowest BCUT2D eigenvalue weighted by Crippen LogP contribution is -2.10. The summed E-state index contributed by atoms with van der Waals surface area (Å²) < 4.78 is 0.847. The molecule has 2 rings (SSSR count). The van der Waals surface area contributed by atoms with Gasteiger partial charge in [-0.2, -0.15) is 0 Å². The van der Waals surface area contributed by atoms with Crippen LogP contribution >= 0.6 is 34.7 Å². The first-order valence-corrected chi connectivity index (χ1v) is 6.69. The van der Waals surface area contributed by atoms with Gasteiger partial charge in [0.2, 0.25) is 0 Å². The minimum absolute atomic E-state index is 0.00945. The predicted molar refractivity (Wildman–Crippen MR) is 71.2 cm³/mol. The van der Waals surface area contributed by atoms with Crippen molar-refractivity contribution in [2.75, 3.05) is 0 Å². The average Bonchev–Trinajstić information content (AvgIpc) is 2.67. The molecule has 4 nitrogen and oxygen atoms in total. The van der Waals surface area contributed by atoms with Crippen LogP contribution in [0.15, 0.2) is 27.4 Å². The van der Waals surface area contributed by atoms with E-state index in [2.05, 4.69) is 10.2 Å². The summed E-state index contributed by atoms with van der Waals surface area (Å²) in [6, 6.07) is 5.28. The van der Waals surface area contributed by atoms with Gasteiger partial charge in [-0.25, -0.2) is 0 Å². The number of rotatable bonds is 3. The van der Waals surface area contributed by atoms with Crippen LogP contribution in [0, 0.1) is 12.3 Å². The monoisotopic (exact) mass is 284 g/mol. The van der Waals surface area contributed by atoms with E-state index in [1.807, 2.05) is 13.0 Å². The molecule has 7 heteroatoms. The van der Waals surface area contributed by atoms with E-state index in [4.69, 9.17) is 22.7 Å². The number of hydrogen-bond acceptors (Lipinski definition) is 5. The molecule has 0 radical (unpaired) electrons. The summed E-state index contributed by atoms with van der Waals surface area (Å²) in [6.45, 7) is 1.90. The SMILES string of the molecule is Cc1nnc(Sc2ccc(C(=N)N)cc2Cl)s1. The summed E-state index contributed by atoms with van der Waals surface area (Å²) in [4.78, 5) is 0.882. The van der Waals surface area contributed by atoms with Crippen LogP contribution in [0.2, 0.25) is 5.02 Å². The van der Waals surface area contributed by atoms with Crippen molar-refractivity contribution in [2.24, 2.45) is 5.73 Å². The number of nitrogens with two attached hydrogens (primary N) is 1. The van der Waals surface area contributed by atoms with Gasteiger partial charge in [-0.05, 0) is 19.1 Å². The number of aromatic nitrogens is 2. The molecular formula is C10H9ClN4S2. The quantitative estimate of drug-likeness (QED) is 0.671. The predicted octanol–water partition coefficient (Wildman–Crippen LogP) is 2.94. The third kappa shape index (κ3) is 2.96. The maximum Gasteiger partial charge on any atom is 0.179 e. The number of nitrogens with one attached hydrogen (secondary N) is 1. The minimum atomic E-state index is 0.00945. The van der Waals surface area contributed by atoms with Gasteiger partial charge in [0.15, 0.2) is 4.34 Å². The third-order valence-corrected chi connectivity index (χ3v) is 4.34. The van der Waals surface area contributed by atoms with Gasteiger partial charge in [-0.1, -0.05) is 40.8 Å². The first-order chi connectivity index (χ1) is 8.06. The highest BCUT2D eigenvalue weighted by Crippen LogP contribution is 2.35. The summed E-state index contributed by atoms with van der Waals surface area (Å²) in [6.07, 6.45) is 0. The zero-order valence-corrected chi connectivity index (χ0v) is 11.3. The van der Waals surface area contributed by atoms with Gasteiger partial charge in [0.25, 0.3) is 0 Å². The smallest absolute Gasteiger partial charge is 0.179 e. The largest absolute Gasteiger partial charge is 0.384 e. The highest BCUT2D eigenvalue weighted by molar-refractivity contribution is 8.01. The van der Waals surface area contributed by atoms with E-state index >= 15 is 0 Å². The van der Waals surface area contributed by atoms with E-state index in [1.165, 1.54) is 23.1 Å². The average molecular weight is 285 g/mol. The molecule has 0 aliphatic rings. The Morgan fingerprint density at radius 2 is 2.24 bits per heavy atom. The zero-order valence-electron chi connectivity index (χ0n) is 8.90. The third-order valence-electron chi connectivity index (χ3n) is 1.95. The van der Waals surface area contributed by atoms with Crippen molar-refractivity contribution >= 4 is 40.5 Å². The molecule has 0 amide bonds. The number of benzene rings is 1. The van der Waals surface area contributed by atoms with Crippen LogP contribution in [-0.4, -0.2) is 16.0 Å². The molecule has 0 unspecified atom stereocenters. The Morgan fingerprint density at radius 1 is 1.47 bits per heavy atom. The number of halogens is 1. The Kier molecular flexibility index (Phi) is 3.66. The van der Waals surface area contributed by atoms with Gasteiger partial charge in [0, 0.05) is 10.5 Å². The fourth-order valence-electron chi connectivity index (χ4n) is 1.16. The van der Waals surface area contributed by atoms with E-state index in [0.29, 0.717) is 10.6 Å². The lowest BCUT2D eigenvalue weighted by molar-refractivity contribution is 0.984. The molecule has 0 aliphatic carbocycles. The van der Waals surface area contributed by atoms with Crippen molar-refractivity contribution in [1.29, 1.82) is 5.41 Å². The zero-order chi connectivity index (χ0) is 12.4. The molecule has 0 spiro atoms. The van der Waals surface area contributed by atoms with Gasteiger partial charge in [0.05, 0.1) is 5.02 Å². The van der Waals surface area contributed by atoms with E-state index in [-0.39, 0.29) is 5.84 Å². The number of hydrogen-bond donors (Lipinski definition) is 2. The second kappa shape index (κ2) is 5.03. The van der Waals surface area contributed by atoms with Crippen molar-refractivity contribution < 1.29 is 0 Å². The van der Waals surface area contributed by atoms with Crippen molar-refractivity contribution in [2.45, 2.75) is 16.2 Å². The Hall–Kier alpha value is -1.11. The number of nitrogen functional groups attached to an aromatic ring is 1. The van der Waals surface area contributed by atoms with Crippen LogP contribution < -0.4 is 5.73 Å². The summed E-state index contributed by atoms with van der Waals surface area (Å²) >= 11 is 9.09. The van der Waals surface area contributed by atoms with Crippen molar-refractivity contribution in [3.63, 3.8) is 0 Å². The topological polar surface area (TPSA) is 75.7 Å². The van der Waals surface area contributed by atoms with Crippen molar-refractivity contribution in [3.8, 4) is 0 Å². The van der Waals surface area contributed by atoms with Crippen LogP contribution in [-0.2, 0) is 0 Å². The van der Waals surface area contributed by atoms with Crippen LogP contribution in [0.1, 0.15) is 10.6 Å². The number of nitrogens with zero attached hydrogens (tertiary/aromatic N) is 2. The van der Waals surface area contributed by atoms with Gasteiger partial charge < -0.3 is 5.73 Å². The molecule has 0 saturated carbocycles. The molecule has 1 aromatic heterocycles. The van der Waals surface area contributed by atoms with Crippen LogP contribution in [0.4, 0.5) is 0 Å². The Bertz CT molecular complexity index is 567. The lowest BCUT2D eigenvalue weighted by Gasteiger charge is -2.03. The van der Waals surface area contributed by atoms with Crippen molar-refractivity contribution in [1.82, 2.24) is 10.2 Å².